The quantitative estimate of drug-likeness (QED) is 0.507. The van der Waals surface area contributed by atoms with E-state index in [1.165, 1.54) is 17.4 Å². The molecule has 0 aliphatic carbocycles. The van der Waals surface area contributed by atoms with E-state index in [1.807, 2.05) is 48.1 Å². The number of nitrogens with two attached hydrogens (primary N) is 1. The number of fused-ring (bicyclic) bond motifs is 1. The first-order chi connectivity index (χ1) is 13.9. The van der Waals surface area contributed by atoms with Crippen LogP contribution in [0.15, 0.2) is 52.7 Å². The van der Waals surface area contributed by atoms with Crippen molar-refractivity contribution in [2.75, 3.05) is 6.61 Å². The van der Waals surface area contributed by atoms with Crippen molar-refractivity contribution in [3.8, 4) is 11.6 Å². The van der Waals surface area contributed by atoms with Crippen LogP contribution in [0.25, 0.3) is 16.9 Å². The molecule has 0 radical (unpaired) electrons. The third-order valence-electron chi connectivity index (χ3n) is 4.50. The molecule has 7 nitrogen and oxygen atoms in total. The van der Waals surface area contributed by atoms with E-state index in [-0.39, 0.29) is 4.90 Å². The molecule has 0 unspecified atom stereocenters. The van der Waals surface area contributed by atoms with Gasteiger partial charge in [-0.1, -0.05) is 12.1 Å². The predicted octanol–water partition coefficient (Wildman–Crippen LogP) is 3.43. The summed E-state index contributed by atoms with van der Waals surface area (Å²) in [5, 5.41) is 8.10. The Labute approximate surface area is 172 Å². The Morgan fingerprint density at radius 3 is 2.72 bits per heavy atom. The van der Waals surface area contributed by atoms with Gasteiger partial charge in [0, 0.05) is 17.4 Å². The second-order valence-corrected chi connectivity index (χ2v) is 9.01. The zero-order valence-corrected chi connectivity index (χ0v) is 17.6. The number of aryl methyl sites for hydroxylation is 1. The lowest BCUT2D eigenvalue weighted by atomic mass is 10.1. The number of imidazole rings is 1. The fourth-order valence-corrected chi connectivity index (χ4v) is 4.60. The van der Waals surface area contributed by atoms with Crippen molar-refractivity contribution in [2.24, 2.45) is 5.14 Å². The lowest BCUT2D eigenvalue weighted by Gasteiger charge is -2.10. The van der Waals surface area contributed by atoms with Gasteiger partial charge in [0.25, 0.3) is 0 Å². The number of primary sulfonamides is 1. The fraction of sp³-hybridized carbons (Fsp3) is 0.200. The molecule has 29 heavy (non-hydrogen) atoms. The summed E-state index contributed by atoms with van der Waals surface area (Å²) in [6.07, 6.45) is 0.440. The van der Waals surface area contributed by atoms with Crippen LogP contribution in [0.5, 0.6) is 5.75 Å². The Morgan fingerprint density at radius 2 is 1.97 bits per heavy atom. The number of benzene rings is 2. The van der Waals surface area contributed by atoms with Gasteiger partial charge in [0.15, 0.2) is 0 Å². The van der Waals surface area contributed by atoms with Gasteiger partial charge in [-0.2, -0.15) is 0 Å². The largest absolute Gasteiger partial charge is 0.494 e. The topological polar surface area (TPSA) is 100 Å². The summed E-state index contributed by atoms with van der Waals surface area (Å²) >= 11 is 1.50. The number of ether oxygens (including phenoxy) is 1. The van der Waals surface area contributed by atoms with Crippen LogP contribution in [0.1, 0.15) is 23.3 Å². The molecule has 2 heterocycles. The third-order valence-corrected chi connectivity index (χ3v) is 6.25. The third kappa shape index (κ3) is 3.89. The van der Waals surface area contributed by atoms with E-state index in [1.54, 1.807) is 12.1 Å². The van der Waals surface area contributed by atoms with Gasteiger partial charge in [0.1, 0.15) is 17.4 Å². The van der Waals surface area contributed by atoms with Gasteiger partial charge in [-0.3, -0.25) is 4.57 Å². The Bertz CT molecular complexity index is 1290. The van der Waals surface area contributed by atoms with Crippen molar-refractivity contribution in [3.63, 3.8) is 0 Å². The summed E-state index contributed by atoms with van der Waals surface area (Å²) in [4.78, 5) is 9.40. The molecule has 2 aromatic carbocycles. The van der Waals surface area contributed by atoms with Gasteiger partial charge >= 0.3 is 0 Å². The Balaban J connectivity index is 1.72. The van der Waals surface area contributed by atoms with Crippen LogP contribution in [-0.2, 0) is 16.4 Å². The summed E-state index contributed by atoms with van der Waals surface area (Å²) in [5.74, 6) is 2.27. The minimum atomic E-state index is -3.79. The van der Waals surface area contributed by atoms with Gasteiger partial charge in [0.05, 0.1) is 27.5 Å². The fourth-order valence-electron chi connectivity index (χ4n) is 3.25. The average Bonchev–Trinajstić information content (AvgIpc) is 3.25. The van der Waals surface area contributed by atoms with Crippen LogP contribution in [0.4, 0.5) is 0 Å². The number of aromatic nitrogens is 3. The summed E-state index contributed by atoms with van der Waals surface area (Å²) in [7, 11) is -3.79. The Morgan fingerprint density at radius 1 is 1.17 bits per heavy atom. The molecular formula is C20H20N4O3S2. The second kappa shape index (κ2) is 7.58. The van der Waals surface area contributed by atoms with E-state index in [0.29, 0.717) is 18.8 Å². The minimum absolute atomic E-state index is 0.0594. The first-order valence-corrected chi connectivity index (χ1v) is 11.5. The summed E-state index contributed by atoms with van der Waals surface area (Å²) in [6.45, 7) is 4.30. The van der Waals surface area contributed by atoms with Gasteiger partial charge in [-0.25, -0.2) is 23.5 Å². The molecule has 0 bridgehead atoms. The van der Waals surface area contributed by atoms with Crippen LogP contribution in [0.2, 0.25) is 0 Å². The molecule has 2 aromatic heterocycles. The molecule has 0 fully saturated rings. The lowest BCUT2D eigenvalue weighted by Crippen LogP contribution is -2.12. The zero-order chi connectivity index (χ0) is 20.6. The van der Waals surface area contributed by atoms with E-state index >= 15 is 0 Å². The minimum Gasteiger partial charge on any atom is -0.494 e. The number of rotatable bonds is 6. The highest BCUT2D eigenvalue weighted by Gasteiger charge is 2.16. The van der Waals surface area contributed by atoms with Crippen LogP contribution >= 0.6 is 11.3 Å². The molecule has 4 rings (SSSR count). The van der Waals surface area contributed by atoms with Crippen molar-refractivity contribution in [1.82, 2.24) is 14.5 Å². The highest BCUT2D eigenvalue weighted by atomic mass is 32.2. The summed E-state index contributed by atoms with van der Waals surface area (Å²) in [6, 6.07) is 12.6. The van der Waals surface area contributed by atoms with E-state index in [0.717, 1.165) is 33.2 Å². The monoisotopic (exact) mass is 428 g/mol. The SMILES string of the molecule is CCOc1ccc(S(N)(=O)=O)cc1Cc1nc(-n2c(C)nc3ccccc32)cs1. The molecule has 150 valence electrons. The zero-order valence-electron chi connectivity index (χ0n) is 16.0. The van der Waals surface area contributed by atoms with Crippen molar-refractivity contribution in [2.45, 2.75) is 25.2 Å². The van der Waals surface area contributed by atoms with Crippen LogP contribution in [0.3, 0.4) is 0 Å². The van der Waals surface area contributed by atoms with E-state index in [9.17, 15) is 8.42 Å². The molecular weight excluding hydrogens is 408 g/mol. The lowest BCUT2D eigenvalue weighted by molar-refractivity contribution is 0.337. The van der Waals surface area contributed by atoms with Gasteiger partial charge in [0.2, 0.25) is 10.0 Å². The maximum absolute atomic E-state index is 11.7. The number of nitrogens with zero attached hydrogens (tertiary/aromatic N) is 3. The van der Waals surface area contributed by atoms with Crippen LogP contribution in [-0.4, -0.2) is 29.6 Å². The molecule has 0 aliphatic heterocycles. The molecule has 0 saturated carbocycles. The normalized spacial score (nSPS) is 11.8. The van der Waals surface area contributed by atoms with E-state index < -0.39 is 10.0 Å². The summed E-state index contributed by atoms with van der Waals surface area (Å²) < 4.78 is 31.2. The van der Waals surface area contributed by atoms with Crippen molar-refractivity contribution in [3.05, 3.63) is 64.2 Å². The van der Waals surface area contributed by atoms with E-state index in [4.69, 9.17) is 14.9 Å². The van der Waals surface area contributed by atoms with Crippen LogP contribution in [0, 0.1) is 6.92 Å². The highest BCUT2D eigenvalue weighted by Crippen LogP contribution is 2.28. The standard InChI is InChI=1S/C20H20N4O3S2/c1-3-27-18-9-8-15(29(21,25)26)10-14(18)11-20-23-19(12-28-20)24-13(2)22-16-6-4-5-7-17(16)24/h4-10,12H,3,11H2,1-2H3,(H2,21,25,26). The Kier molecular flexibility index (Phi) is 5.12. The number of hydrogen-bond acceptors (Lipinski definition) is 6. The molecule has 0 saturated heterocycles. The number of thiazole rings is 1. The van der Waals surface area contributed by atoms with Gasteiger partial charge in [-0.05, 0) is 44.2 Å². The first kappa shape index (κ1) is 19.6. The smallest absolute Gasteiger partial charge is 0.238 e. The maximum atomic E-state index is 11.7. The molecule has 0 amide bonds. The number of hydrogen-bond donors (Lipinski definition) is 1. The molecule has 9 heteroatoms. The Hall–Kier alpha value is -2.75. The average molecular weight is 429 g/mol. The predicted molar refractivity (Wildman–Crippen MR) is 113 cm³/mol. The second-order valence-electron chi connectivity index (χ2n) is 6.51. The van der Waals surface area contributed by atoms with Crippen molar-refractivity contribution in [1.29, 1.82) is 0 Å². The molecule has 2 N–H and O–H groups in total. The highest BCUT2D eigenvalue weighted by molar-refractivity contribution is 7.89. The first-order valence-electron chi connectivity index (χ1n) is 9.04. The van der Waals surface area contributed by atoms with Crippen molar-refractivity contribution >= 4 is 32.4 Å². The maximum Gasteiger partial charge on any atom is 0.238 e. The van der Waals surface area contributed by atoms with E-state index in [2.05, 4.69) is 4.98 Å². The summed E-state index contributed by atoms with van der Waals surface area (Å²) in [5.41, 5.74) is 2.64. The van der Waals surface area contributed by atoms with Crippen molar-refractivity contribution < 1.29 is 13.2 Å². The molecule has 0 spiro atoms. The number of para-hydroxylation sites is 2. The molecule has 0 aliphatic rings. The molecule has 0 atom stereocenters. The number of sulfonamides is 1. The molecule has 4 aromatic rings. The van der Waals surface area contributed by atoms with Crippen LogP contribution < -0.4 is 9.88 Å². The van der Waals surface area contributed by atoms with Gasteiger partial charge < -0.3 is 4.74 Å². The van der Waals surface area contributed by atoms with Gasteiger partial charge in [-0.15, -0.1) is 11.3 Å².